The molecule has 2 aromatic rings. The molecule has 0 heterocycles. The second-order valence-corrected chi connectivity index (χ2v) is 6.29. The van der Waals surface area contributed by atoms with Gasteiger partial charge < -0.3 is 11.1 Å². The topological polar surface area (TPSA) is 58.4 Å². The number of benzene rings is 2. The second kappa shape index (κ2) is 8.71. The van der Waals surface area contributed by atoms with Crippen LogP contribution in [-0.2, 0) is 11.3 Å². The number of nitrogens with two attached hydrogens (primary N) is 1. The van der Waals surface area contributed by atoms with Crippen molar-refractivity contribution in [2.75, 3.05) is 17.6 Å². The average Bonchev–Trinajstić information content (AvgIpc) is 2.57. The molecule has 0 saturated heterocycles. The van der Waals surface area contributed by atoms with Gasteiger partial charge in [-0.05, 0) is 43.7 Å². The molecule has 5 heteroatoms. The summed E-state index contributed by atoms with van der Waals surface area (Å²) in [6.45, 7) is 5.61. The van der Waals surface area contributed by atoms with Gasteiger partial charge in [-0.3, -0.25) is 9.69 Å². The summed E-state index contributed by atoms with van der Waals surface area (Å²) in [4.78, 5) is 14.8. The van der Waals surface area contributed by atoms with Crippen molar-refractivity contribution >= 4 is 28.9 Å². The molecule has 0 aliphatic carbocycles. The molecular weight excluding hydrogens is 322 g/mol. The Balaban J connectivity index is 2.07. The normalized spacial score (nSPS) is 12.2. The third-order valence-corrected chi connectivity index (χ3v) is 4.17. The van der Waals surface area contributed by atoms with E-state index in [1.807, 2.05) is 25.1 Å². The minimum atomic E-state index is -0.264. The first-order valence-electron chi connectivity index (χ1n) is 8.15. The van der Waals surface area contributed by atoms with Crippen LogP contribution in [0.3, 0.4) is 0 Å². The van der Waals surface area contributed by atoms with Crippen molar-refractivity contribution in [3.05, 3.63) is 59.1 Å². The smallest absolute Gasteiger partial charge is 0.241 e. The predicted molar refractivity (Wildman–Crippen MR) is 101 cm³/mol. The van der Waals surface area contributed by atoms with Crippen LogP contribution in [0.1, 0.15) is 25.8 Å². The van der Waals surface area contributed by atoms with Gasteiger partial charge in [-0.15, -0.1) is 0 Å². The van der Waals surface area contributed by atoms with E-state index in [1.54, 1.807) is 18.2 Å². The zero-order chi connectivity index (χ0) is 17.5. The minimum Gasteiger partial charge on any atom is -0.397 e. The lowest BCUT2D eigenvalue weighted by Crippen LogP contribution is -2.42. The highest BCUT2D eigenvalue weighted by Gasteiger charge is 2.21. The molecule has 0 aromatic heterocycles. The van der Waals surface area contributed by atoms with Crippen molar-refractivity contribution in [3.8, 4) is 0 Å². The number of carbonyl (C=O) groups excluding carboxylic acids is 1. The van der Waals surface area contributed by atoms with Gasteiger partial charge in [-0.25, -0.2) is 0 Å². The minimum absolute atomic E-state index is 0.0756. The molecule has 0 fully saturated rings. The molecule has 24 heavy (non-hydrogen) atoms. The van der Waals surface area contributed by atoms with Crippen LogP contribution >= 0.6 is 11.6 Å². The molecule has 3 N–H and O–H groups in total. The maximum Gasteiger partial charge on any atom is 0.241 e. The number of hydrogen-bond donors (Lipinski definition) is 2. The van der Waals surface area contributed by atoms with Crippen LogP contribution in [0.25, 0.3) is 0 Å². The maximum atomic E-state index is 12.6. The first-order chi connectivity index (χ1) is 11.5. The van der Waals surface area contributed by atoms with Crippen LogP contribution in [0, 0.1) is 0 Å². The molecule has 0 aliphatic heterocycles. The molecule has 1 atom stereocenters. The quantitative estimate of drug-likeness (QED) is 0.741. The summed E-state index contributed by atoms with van der Waals surface area (Å²) in [5.74, 6) is -0.0756. The number of amides is 1. The monoisotopic (exact) mass is 345 g/mol. The van der Waals surface area contributed by atoms with Crippen molar-refractivity contribution in [3.63, 3.8) is 0 Å². The fourth-order valence-corrected chi connectivity index (χ4v) is 2.75. The number of halogens is 1. The van der Waals surface area contributed by atoms with Crippen LogP contribution in [0.4, 0.5) is 11.4 Å². The van der Waals surface area contributed by atoms with Crippen molar-refractivity contribution in [1.82, 2.24) is 4.90 Å². The van der Waals surface area contributed by atoms with E-state index >= 15 is 0 Å². The number of nitrogens with zero attached hydrogens (tertiary/aromatic N) is 1. The summed E-state index contributed by atoms with van der Waals surface area (Å²) >= 11 is 5.90. The summed E-state index contributed by atoms with van der Waals surface area (Å²) in [5, 5.41) is 3.45. The number of nitrogen functional groups attached to an aromatic ring is 1. The van der Waals surface area contributed by atoms with Gasteiger partial charge in [0.25, 0.3) is 0 Å². The van der Waals surface area contributed by atoms with E-state index in [2.05, 4.69) is 29.3 Å². The van der Waals surface area contributed by atoms with Crippen molar-refractivity contribution < 1.29 is 4.79 Å². The van der Waals surface area contributed by atoms with Crippen LogP contribution in [0.5, 0.6) is 0 Å². The molecule has 4 nitrogen and oxygen atoms in total. The van der Waals surface area contributed by atoms with E-state index in [1.165, 1.54) is 5.56 Å². The first kappa shape index (κ1) is 18.3. The lowest BCUT2D eigenvalue weighted by atomic mass is 10.1. The maximum absolute atomic E-state index is 12.6. The zero-order valence-corrected chi connectivity index (χ0v) is 14.9. The number of nitrogens with one attached hydrogen (secondary N) is 1. The van der Waals surface area contributed by atoms with Gasteiger partial charge in [0.15, 0.2) is 0 Å². The molecule has 0 spiro atoms. The number of rotatable bonds is 7. The fraction of sp³-hybridized carbons (Fsp3) is 0.316. The Kier molecular flexibility index (Phi) is 6.64. The average molecular weight is 346 g/mol. The lowest BCUT2D eigenvalue weighted by molar-refractivity contribution is -0.121. The fourth-order valence-electron chi connectivity index (χ4n) is 2.57. The highest BCUT2D eigenvalue weighted by molar-refractivity contribution is 6.31. The van der Waals surface area contributed by atoms with Crippen LogP contribution < -0.4 is 11.1 Å². The molecule has 0 bridgehead atoms. The molecule has 2 rings (SSSR count). The highest BCUT2D eigenvalue weighted by Crippen LogP contribution is 2.23. The lowest BCUT2D eigenvalue weighted by Gasteiger charge is -2.28. The molecular formula is C19H24ClN3O. The molecule has 1 amide bonds. The Morgan fingerprint density at radius 1 is 1.25 bits per heavy atom. The van der Waals surface area contributed by atoms with Crippen molar-refractivity contribution in [2.24, 2.45) is 0 Å². The summed E-state index contributed by atoms with van der Waals surface area (Å²) in [6.07, 6.45) is 0.980. The summed E-state index contributed by atoms with van der Waals surface area (Å²) in [7, 11) is 0. The molecule has 0 aliphatic rings. The second-order valence-electron chi connectivity index (χ2n) is 5.85. The predicted octanol–water partition coefficient (Wildman–Crippen LogP) is 4.16. The number of carbonyl (C=O) groups is 1. The van der Waals surface area contributed by atoms with E-state index in [0.29, 0.717) is 16.4 Å². The Morgan fingerprint density at radius 3 is 2.58 bits per heavy atom. The van der Waals surface area contributed by atoms with Gasteiger partial charge in [0.2, 0.25) is 5.91 Å². The van der Waals surface area contributed by atoms with E-state index in [4.69, 9.17) is 17.3 Å². The Bertz CT molecular complexity index is 676. The third kappa shape index (κ3) is 4.98. The van der Waals surface area contributed by atoms with E-state index in [-0.39, 0.29) is 11.9 Å². The largest absolute Gasteiger partial charge is 0.397 e. The standard InChI is InChI=1S/C19H24ClN3O/c1-3-11-23(13-15-7-5-4-6-8-15)14(2)19(24)22-18-10-9-16(20)12-17(18)21/h4-10,12,14H,3,11,13,21H2,1-2H3,(H,22,24). The Morgan fingerprint density at radius 2 is 1.96 bits per heavy atom. The summed E-state index contributed by atoms with van der Waals surface area (Å²) in [6, 6.07) is 15.0. The van der Waals surface area contributed by atoms with Gasteiger partial charge in [0.1, 0.15) is 0 Å². The SMILES string of the molecule is CCCN(Cc1ccccc1)C(C)C(=O)Nc1ccc(Cl)cc1N. The third-order valence-electron chi connectivity index (χ3n) is 3.94. The van der Waals surface area contributed by atoms with Gasteiger partial charge >= 0.3 is 0 Å². The van der Waals surface area contributed by atoms with Crippen LogP contribution in [0.15, 0.2) is 48.5 Å². The van der Waals surface area contributed by atoms with Gasteiger partial charge in [-0.2, -0.15) is 0 Å². The Labute approximate surface area is 148 Å². The van der Waals surface area contributed by atoms with Gasteiger partial charge in [-0.1, -0.05) is 48.9 Å². The molecule has 0 radical (unpaired) electrons. The van der Waals surface area contributed by atoms with E-state index in [0.717, 1.165) is 19.5 Å². The van der Waals surface area contributed by atoms with Crippen LogP contribution in [0.2, 0.25) is 5.02 Å². The number of anilines is 2. The van der Waals surface area contributed by atoms with Crippen molar-refractivity contribution in [1.29, 1.82) is 0 Å². The van der Waals surface area contributed by atoms with Gasteiger partial charge in [0.05, 0.1) is 17.4 Å². The van der Waals surface area contributed by atoms with Crippen molar-refractivity contribution in [2.45, 2.75) is 32.9 Å². The van der Waals surface area contributed by atoms with Crippen LogP contribution in [-0.4, -0.2) is 23.4 Å². The molecule has 0 saturated carbocycles. The molecule has 128 valence electrons. The summed E-state index contributed by atoms with van der Waals surface area (Å²) in [5.41, 5.74) is 8.16. The van der Waals surface area contributed by atoms with Gasteiger partial charge in [0, 0.05) is 11.6 Å². The van der Waals surface area contributed by atoms with E-state index < -0.39 is 0 Å². The van der Waals surface area contributed by atoms with E-state index in [9.17, 15) is 4.79 Å². The molecule has 1 unspecified atom stereocenters. The molecule has 2 aromatic carbocycles. The summed E-state index contributed by atoms with van der Waals surface area (Å²) < 4.78 is 0. The first-order valence-corrected chi connectivity index (χ1v) is 8.53. The highest BCUT2D eigenvalue weighted by atomic mass is 35.5. The Hall–Kier alpha value is -2.04. The number of hydrogen-bond acceptors (Lipinski definition) is 3. The zero-order valence-electron chi connectivity index (χ0n) is 14.1.